The van der Waals surface area contributed by atoms with E-state index in [1.54, 1.807) is 12.5 Å². The van der Waals surface area contributed by atoms with Gasteiger partial charge in [0, 0.05) is 17.7 Å². The van der Waals surface area contributed by atoms with E-state index >= 15 is 0 Å². The Bertz CT molecular complexity index is 1140. The molecule has 0 radical (unpaired) electrons. The van der Waals surface area contributed by atoms with Crippen molar-refractivity contribution in [1.29, 1.82) is 0 Å². The lowest BCUT2D eigenvalue weighted by atomic mass is 10.1. The van der Waals surface area contributed by atoms with Crippen molar-refractivity contribution in [3.63, 3.8) is 0 Å². The largest absolute Gasteiger partial charge is 0.444 e. The average molecular weight is 543 g/mol. The van der Waals surface area contributed by atoms with Crippen molar-refractivity contribution in [2.45, 2.75) is 26.9 Å². The molecule has 32 heavy (non-hydrogen) atoms. The van der Waals surface area contributed by atoms with Crippen molar-refractivity contribution >= 4 is 29.9 Å². The molecule has 0 amide bonds. The van der Waals surface area contributed by atoms with Crippen LogP contribution in [0, 0.1) is 6.92 Å². The molecule has 0 fully saturated rings. The second kappa shape index (κ2) is 11.5. The topological polar surface area (TPSA) is 88.5 Å². The number of hydrogen-bond acceptors (Lipinski definition) is 5. The predicted octanol–water partition coefficient (Wildman–Crippen LogP) is 5.18. The molecule has 0 saturated carbocycles. The number of rotatable bonds is 7. The molecule has 2 aromatic carbocycles. The van der Waals surface area contributed by atoms with Crippen molar-refractivity contribution in [2.24, 2.45) is 4.99 Å². The highest BCUT2D eigenvalue weighted by Gasteiger charge is 2.09. The number of nitrogens with zero attached hydrogens (tertiary/aromatic N) is 3. The molecule has 0 bridgehead atoms. The molecule has 0 aliphatic heterocycles. The van der Waals surface area contributed by atoms with Gasteiger partial charge in [0.25, 0.3) is 0 Å². The highest BCUT2D eigenvalue weighted by atomic mass is 127. The van der Waals surface area contributed by atoms with E-state index in [9.17, 15) is 0 Å². The minimum Gasteiger partial charge on any atom is -0.444 e. The van der Waals surface area contributed by atoms with Gasteiger partial charge in [0.15, 0.2) is 5.96 Å². The molecule has 0 aliphatic carbocycles. The van der Waals surface area contributed by atoms with Crippen LogP contribution in [0.3, 0.4) is 0 Å². The van der Waals surface area contributed by atoms with Crippen molar-refractivity contribution in [3.05, 3.63) is 84.1 Å². The fraction of sp³-hybridized carbons (Fsp3) is 0.208. The van der Waals surface area contributed by atoms with E-state index in [1.807, 2.05) is 61.5 Å². The maximum atomic E-state index is 5.61. The summed E-state index contributed by atoms with van der Waals surface area (Å²) in [5.74, 6) is 1.87. The monoisotopic (exact) mass is 543 g/mol. The van der Waals surface area contributed by atoms with Gasteiger partial charge in [0.05, 0.1) is 18.8 Å². The lowest BCUT2D eigenvalue weighted by Gasteiger charge is -2.09. The molecular weight excluding hydrogens is 517 g/mol. The lowest BCUT2D eigenvalue weighted by Crippen LogP contribution is -2.36. The van der Waals surface area contributed by atoms with Crippen LogP contribution < -0.4 is 10.6 Å². The molecule has 8 heteroatoms. The molecule has 2 N–H and O–H groups in total. The van der Waals surface area contributed by atoms with Crippen LogP contribution in [0.1, 0.15) is 23.9 Å². The van der Waals surface area contributed by atoms with Crippen LogP contribution in [0.5, 0.6) is 0 Å². The lowest BCUT2D eigenvalue weighted by molar-refractivity contribution is 0.572. The van der Waals surface area contributed by atoms with Gasteiger partial charge in [-0.15, -0.1) is 24.0 Å². The quantitative estimate of drug-likeness (QED) is 0.190. The van der Waals surface area contributed by atoms with Crippen molar-refractivity contribution in [1.82, 2.24) is 20.6 Å². The van der Waals surface area contributed by atoms with Gasteiger partial charge in [-0.2, -0.15) is 0 Å². The van der Waals surface area contributed by atoms with Gasteiger partial charge < -0.3 is 19.5 Å². The molecule has 7 nitrogen and oxygen atoms in total. The molecule has 4 rings (SSSR count). The normalized spacial score (nSPS) is 11.1. The third kappa shape index (κ3) is 6.19. The number of aromatic nitrogens is 2. The highest BCUT2D eigenvalue weighted by molar-refractivity contribution is 14.0. The highest BCUT2D eigenvalue weighted by Crippen LogP contribution is 2.20. The second-order valence-electron chi connectivity index (χ2n) is 7.07. The first-order chi connectivity index (χ1) is 15.2. The Balaban J connectivity index is 0.00000289. The van der Waals surface area contributed by atoms with Crippen LogP contribution >= 0.6 is 24.0 Å². The minimum absolute atomic E-state index is 0. The molecule has 0 atom stereocenters. The van der Waals surface area contributed by atoms with E-state index in [1.165, 1.54) is 5.56 Å². The number of nitrogens with one attached hydrogen (secondary N) is 2. The van der Waals surface area contributed by atoms with Gasteiger partial charge >= 0.3 is 0 Å². The Morgan fingerprint density at radius 1 is 0.844 bits per heavy atom. The van der Waals surface area contributed by atoms with Gasteiger partial charge in [0.2, 0.25) is 11.8 Å². The van der Waals surface area contributed by atoms with E-state index in [0.29, 0.717) is 30.8 Å². The smallest absolute Gasteiger partial charge is 0.226 e. The van der Waals surface area contributed by atoms with Gasteiger partial charge in [-0.1, -0.05) is 35.9 Å². The first kappa shape index (κ1) is 23.5. The average Bonchev–Trinajstić information content (AvgIpc) is 3.47. The van der Waals surface area contributed by atoms with Crippen LogP contribution in [-0.2, 0) is 13.1 Å². The van der Waals surface area contributed by atoms with Crippen molar-refractivity contribution < 1.29 is 8.83 Å². The Morgan fingerprint density at radius 3 is 2.16 bits per heavy atom. The Labute approximate surface area is 204 Å². The summed E-state index contributed by atoms with van der Waals surface area (Å²) < 4.78 is 11.2. The van der Waals surface area contributed by atoms with Crippen molar-refractivity contribution in [2.75, 3.05) is 6.54 Å². The van der Waals surface area contributed by atoms with Crippen molar-refractivity contribution in [3.8, 4) is 22.9 Å². The number of oxazole rings is 2. The van der Waals surface area contributed by atoms with E-state index in [0.717, 1.165) is 29.1 Å². The molecule has 2 aromatic heterocycles. The fourth-order valence-electron chi connectivity index (χ4n) is 2.99. The third-order valence-corrected chi connectivity index (χ3v) is 4.60. The second-order valence-corrected chi connectivity index (χ2v) is 7.07. The molecule has 0 spiro atoms. The number of halogens is 1. The van der Waals surface area contributed by atoms with Crippen LogP contribution in [0.15, 0.2) is 81.0 Å². The number of aliphatic imine (C=N–C) groups is 1. The summed E-state index contributed by atoms with van der Waals surface area (Å²) in [6.45, 7) is 5.71. The summed E-state index contributed by atoms with van der Waals surface area (Å²) in [6.07, 6.45) is 3.30. The zero-order valence-electron chi connectivity index (χ0n) is 18.0. The van der Waals surface area contributed by atoms with Gasteiger partial charge in [-0.05, 0) is 38.1 Å². The maximum absolute atomic E-state index is 5.61. The Morgan fingerprint density at radius 2 is 1.47 bits per heavy atom. The fourth-order valence-corrected chi connectivity index (χ4v) is 2.99. The van der Waals surface area contributed by atoms with Gasteiger partial charge in [0.1, 0.15) is 18.2 Å². The molecule has 0 saturated heterocycles. The van der Waals surface area contributed by atoms with E-state index in [4.69, 9.17) is 8.83 Å². The summed E-state index contributed by atoms with van der Waals surface area (Å²) in [5, 5.41) is 6.50. The summed E-state index contributed by atoms with van der Waals surface area (Å²) >= 11 is 0. The number of hydrogen-bond donors (Lipinski definition) is 2. The van der Waals surface area contributed by atoms with E-state index < -0.39 is 0 Å². The first-order valence-corrected chi connectivity index (χ1v) is 10.2. The number of aryl methyl sites for hydroxylation is 1. The van der Waals surface area contributed by atoms with Crippen LogP contribution in [0.25, 0.3) is 22.9 Å². The molecular formula is C24H26IN5O2. The summed E-state index contributed by atoms with van der Waals surface area (Å²) in [5.41, 5.74) is 4.66. The Kier molecular flexibility index (Phi) is 8.43. The Hall–Kier alpha value is -3.14. The van der Waals surface area contributed by atoms with Crippen LogP contribution in [-0.4, -0.2) is 22.5 Å². The standard InChI is InChI=1S/C24H25N5O2.HI/c1-3-25-24(26-13-20-15-30-22(28-20)18-7-5-4-6-8-18)27-14-21-16-31-23(29-21)19-11-9-17(2)10-12-19;/h4-12,15-16H,3,13-14H2,1-2H3,(H2,25,26,27);1H. The van der Waals surface area contributed by atoms with Crippen LogP contribution in [0.4, 0.5) is 0 Å². The summed E-state index contributed by atoms with van der Waals surface area (Å²) in [4.78, 5) is 13.7. The molecule has 166 valence electrons. The first-order valence-electron chi connectivity index (χ1n) is 10.2. The maximum Gasteiger partial charge on any atom is 0.226 e. The minimum atomic E-state index is 0. The summed E-state index contributed by atoms with van der Waals surface area (Å²) in [7, 11) is 0. The van der Waals surface area contributed by atoms with E-state index in [2.05, 4.69) is 32.5 Å². The number of benzene rings is 2. The van der Waals surface area contributed by atoms with Gasteiger partial charge in [-0.25, -0.2) is 15.0 Å². The molecule has 0 aliphatic rings. The van der Waals surface area contributed by atoms with Gasteiger partial charge in [-0.3, -0.25) is 0 Å². The summed E-state index contributed by atoms with van der Waals surface area (Å²) in [6, 6.07) is 17.9. The SMILES string of the molecule is CCNC(=NCc1coc(-c2ccc(C)cc2)n1)NCc1coc(-c2ccccc2)n1.I. The zero-order valence-corrected chi connectivity index (χ0v) is 20.4. The zero-order chi connectivity index (χ0) is 21.5. The van der Waals surface area contributed by atoms with E-state index in [-0.39, 0.29) is 24.0 Å². The predicted molar refractivity (Wildman–Crippen MR) is 136 cm³/mol. The number of guanidine groups is 1. The molecule has 0 unspecified atom stereocenters. The molecule has 4 aromatic rings. The van der Waals surface area contributed by atoms with Crippen LogP contribution in [0.2, 0.25) is 0 Å². The molecule has 2 heterocycles. The third-order valence-electron chi connectivity index (χ3n) is 4.60.